The van der Waals surface area contributed by atoms with Crippen molar-refractivity contribution in [1.29, 1.82) is 5.41 Å². The van der Waals surface area contributed by atoms with Crippen molar-refractivity contribution < 1.29 is 14.3 Å². The molecule has 7 nitrogen and oxygen atoms in total. The highest BCUT2D eigenvalue weighted by atomic mass is 32.2. The standard InChI is InChI=1S/C25H26N4O3S/c1-4-17-12-16(3)13-19(14-17)31-10-11-32-21-9-7-6-8-18(21)15-20-23(26)29-25(27-24(20)30)33-22(5-2)28-29/h6-9,12-15,26H,4-5,10-11H2,1-3H3/b20-15-,26-23?. The van der Waals surface area contributed by atoms with Crippen LogP contribution in [0.4, 0.5) is 0 Å². The van der Waals surface area contributed by atoms with E-state index in [4.69, 9.17) is 14.9 Å². The fourth-order valence-electron chi connectivity index (χ4n) is 3.48. The second kappa shape index (κ2) is 10.0. The van der Waals surface area contributed by atoms with E-state index >= 15 is 0 Å². The summed E-state index contributed by atoms with van der Waals surface area (Å²) >= 11 is 1.33. The molecular weight excluding hydrogens is 436 g/mol. The van der Waals surface area contributed by atoms with Crippen molar-refractivity contribution in [3.05, 3.63) is 64.7 Å². The number of rotatable bonds is 8. The molecule has 0 atom stereocenters. The Morgan fingerprint density at radius 1 is 1.09 bits per heavy atom. The average Bonchev–Trinajstić information content (AvgIpc) is 3.23. The molecule has 2 aliphatic rings. The van der Waals surface area contributed by atoms with E-state index in [0.717, 1.165) is 23.6 Å². The smallest absolute Gasteiger partial charge is 0.283 e. The van der Waals surface area contributed by atoms with Gasteiger partial charge in [-0.25, -0.2) is 0 Å². The van der Waals surface area contributed by atoms with Crippen molar-refractivity contribution in [2.24, 2.45) is 10.1 Å². The summed E-state index contributed by atoms with van der Waals surface area (Å²) in [4.78, 5) is 16.7. The number of nitrogens with zero attached hydrogens (tertiary/aromatic N) is 3. The second-order valence-electron chi connectivity index (χ2n) is 7.61. The van der Waals surface area contributed by atoms with E-state index in [1.807, 2.05) is 43.3 Å². The van der Waals surface area contributed by atoms with Gasteiger partial charge in [0.1, 0.15) is 29.8 Å². The van der Waals surface area contributed by atoms with Gasteiger partial charge in [0.05, 0.1) is 5.57 Å². The maximum Gasteiger partial charge on any atom is 0.283 e. The third kappa shape index (κ3) is 5.17. The molecule has 1 amide bonds. The maximum absolute atomic E-state index is 12.6. The Balaban J connectivity index is 1.45. The van der Waals surface area contributed by atoms with E-state index in [9.17, 15) is 4.79 Å². The van der Waals surface area contributed by atoms with Crippen LogP contribution in [0.1, 0.15) is 37.0 Å². The normalized spacial score (nSPS) is 16.6. The van der Waals surface area contributed by atoms with Crippen LogP contribution in [0, 0.1) is 12.3 Å². The molecule has 0 aliphatic carbocycles. The summed E-state index contributed by atoms with van der Waals surface area (Å²) in [6.45, 7) is 6.88. The number of hydrogen-bond acceptors (Lipinski definition) is 6. The minimum absolute atomic E-state index is 0.0188. The van der Waals surface area contributed by atoms with E-state index in [1.165, 1.54) is 27.9 Å². The maximum atomic E-state index is 12.6. The lowest BCUT2D eigenvalue weighted by molar-refractivity contribution is -0.114. The summed E-state index contributed by atoms with van der Waals surface area (Å²) in [5, 5.41) is 15.5. The first-order valence-corrected chi connectivity index (χ1v) is 11.7. The fraction of sp³-hybridized carbons (Fsp3) is 0.280. The molecular formula is C25H26N4O3S. The van der Waals surface area contributed by atoms with Crippen LogP contribution in [-0.4, -0.2) is 40.2 Å². The van der Waals surface area contributed by atoms with Crippen molar-refractivity contribution in [2.75, 3.05) is 13.2 Å². The zero-order valence-electron chi connectivity index (χ0n) is 18.9. The Kier molecular flexibility index (Phi) is 6.93. The lowest BCUT2D eigenvalue weighted by atomic mass is 10.1. The number of thioether (sulfide) groups is 1. The lowest BCUT2D eigenvalue weighted by Gasteiger charge is -2.20. The first-order valence-electron chi connectivity index (χ1n) is 10.9. The Morgan fingerprint density at radius 3 is 2.67 bits per heavy atom. The molecule has 170 valence electrons. The minimum atomic E-state index is -0.449. The first kappa shape index (κ1) is 22.8. The molecule has 33 heavy (non-hydrogen) atoms. The number of amidine groups is 2. The van der Waals surface area contributed by atoms with Gasteiger partial charge in [0.15, 0.2) is 5.84 Å². The Labute approximate surface area is 197 Å². The number of fused-ring (bicyclic) bond motifs is 1. The van der Waals surface area contributed by atoms with E-state index in [0.29, 0.717) is 29.7 Å². The average molecular weight is 463 g/mol. The molecule has 0 aromatic heterocycles. The van der Waals surface area contributed by atoms with Crippen LogP contribution < -0.4 is 9.47 Å². The Bertz CT molecular complexity index is 1190. The van der Waals surface area contributed by atoms with Crippen molar-refractivity contribution in [3.8, 4) is 11.5 Å². The number of hydrogen-bond donors (Lipinski definition) is 1. The third-order valence-electron chi connectivity index (χ3n) is 5.15. The molecule has 1 N–H and O–H groups in total. The van der Waals surface area contributed by atoms with Gasteiger partial charge in [0.2, 0.25) is 5.17 Å². The van der Waals surface area contributed by atoms with Gasteiger partial charge in [-0.15, -0.1) is 0 Å². The summed E-state index contributed by atoms with van der Waals surface area (Å²) in [6, 6.07) is 13.6. The molecule has 0 saturated carbocycles. The third-order valence-corrected chi connectivity index (χ3v) is 6.20. The number of para-hydroxylation sites is 1. The highest BCUT2D eigenvalue weighted by Gasteiger charge is 2.35. The summed E-state index contributed by atoms with van der Waals surface area (Å²) in [5.41, 5.74) is 3.28. The van der Waals surface area contributed by atoms with Crippen molar-refractivity contribution in [1.82, 2.24) is 5.01 Å². The predicted molar refractivity (Wildman–Crippen MR) is 133 cm³/mol. The molecule has 0 radical (unpaired) electrons. The van der Waals surface area contributed by atoms with Gasteiger partial charge >= 0.3 is 0 Å². The van der Waals surface area contributed by atoms with Crippen molar-refractivity contribution >= 4 is 39.8 Å². The number of aryl methyl sites for hydroxylation is 2. The number of benzene rings is 2. The number of amides is 1. The second-order valence-corrected chi connectivity index (χ2v) is 8.65. The van der Waals surface area contributed by atoms with Gasteiger partial charge < -0.3 is 9.47 Å². The first-order chi connectivity index (χ1) is 16.0. The number of hydrazone groups is 1. The van der Waals surface area contributed by atoms with Gasteiger partial charge in [-0.05, 0) is 66.9 Å². The minimum Gasteiger partial charge on any atom is -0.490 e. The van der Waals surface area contributed by atoms with Crippen molar-refractivity contribution in [3.63, 3.8) is 0 Å². The van der Waals surface area contributed by atoms with Crippen LogP contribution in [0.25, 0.3) is 6.08 Å². The summed E-state index contributed by atoms with van der Waals surface area (Å²) in [7, 11) is 0. The van der Waals surface area contributed by atoms with Crippen LogP contribution >= 0.6 is 11.8 Å². The zero-order valence-corrected chi connectivity index (χ0v) is 19.7. The van der Waals surface area contributed by atoms with Gasteiger partial charge in [-0.3, -0.25) is 10.2 Å². The molecule has 4 rings (SSSR count). The molecule has 2 aliphatic heterocycles. The monoisotopic (exact) mass is 462 g/mol. The molecule has 8 heteroatoms. The van der Waals surface area contributed by atoms with E-state index in [2.05, 4.69) is 30.0 Å². The van der Waals surface area contributed by atoms with Gasteiger partial charge in [0.25, 0.3) is 5.91 Å². The highest BCUT2D eigenvalue weighted by molar-refractivity contribution is 8.26. The fourth-order valence-corrected chi connectivity index (χ4v) is 4.31. The topological polar surface area (TPSA) is 87.3 Å². The van der Waals surface area contributed by atoms with E-state index in [1.54, 1.807) is 6.08 Å². The lowest BCUT2D eigenvalue weighted by Crippen LogP contribution is -2.35. The van der Waals surface area contributed by atoms with Gasteiger partial charge in [-0.2, -0.15) is 15.1 Å². The summed E-state index contributed by atoms with van der Waals surface area (Å²) in [6.07, 6.45) is 3.32. The van der Waals surface area contributed by atoms with Crippen LogP contribution in [-0.2, 0) is 11.2 Å². The highest BCUT2D eigenvalue weighted by Crippen LogP contribution is 2.30. The van der Waals surface area contributed by atoms with E-state index in [-0.39, 0.29) is 11.4 Å². The molecule has 0 bridgehead atoms. The Hall–Kier alpha value is -3.39. The van der Waals surface area contributed by atoms with Crippen LogP contribution in [0.5, 0.6) is 11.5 Å². The van der Waals surface area contributed by atoms with Crippen molar-refractivity contribution in [2.45, 2.75) is 33.6 Å². The molecule has 0 saturated heterocycles. The predicted octanol–water partition coefficient (Wildman–Crippen LogP) is 5.04. The summed E-state index contributed by atoms with van der Waals surface area (Å²) < 4.78 is 11.8. The summed E-state index contributed by atoms with van der Waals surface area (Å²) in [5.74, 6) is 1.01. The van der Waals surface area contributed by atoms with Crippen LogP contribution in [0.15, 0.2) is 58.1 Å². The number of nitrogens with one attached hydrogen (secondary N) is 1. The van der Waals surface area contributed by atoms with Gasteiger partial charge in [0, 0.05) is 5.56 Å². The molecule has 2 aromatic rings. The number of ether oxygens (including phenoxy) is 2. The molecule has 0 spiro atoms. The molecule has 0 fully saturated rings. The van der Waals surface area contributed by atoms with Crippen LogP contribution in [0.2, 0.25) is 0 Å². The number of carbonyl (C=O) groups excluding carboxylic acids is 1. The van der Waals surface area contributed by atoms with Gasteiger partial charge in [-0.1, -0.05) is 38.1 Å². The number of aliphatic imine (C=N–C) groups is 1. The quantitative estimate of drug-likeness (QED) is 0.438. The SMILES string of the molecule is CCC1=NN2C(=N)/C(=C/c3ccccc3OCCOc3cc(C)cc(CC)c3)C(=O)N=C2S1. The molecule has 2 aromatic carbocycles. The van der Waals surface area contributed by atoms with E-state index < -0.39 is 5.91 Å². The largest absolute Gasteiger partial charge is 0.490 e. The molecule has 0 unspecified atom stereocenters. The Morgan fingerprint density at radius 2 is 1.88 bits per heavy atom. The number of carbonyl (C=O) groups is 1. The molecule has 2 heterocycles. The zero-order chi connectivity index (χ0) is 23.4. The van der Waals surface area contributed by atoms with Crippen LogP contribution in [0.3, 0.4) is 0 Å².